The molecular weight excluding hydrogens is 178 g/mol. The largest absolute Gasteiger partial charge is 0.465 e. The Balaban J connectivity index is 2.19. The first kappa shape index (κ1) is 9.31. The van der Waals surface area contributed by atoms with Crippen LogP contribution in [0.5, 0.6) is 0 Å². The van der Waals surface area contributed by atoms with E-state index in [1.807, 2.05) is 25.3 Å². The van der Waals surface area contributed by atoms with Gasteiger partial charge in [0.1, 0.15) is 0 Å². The van der Waals surface area contributed by atoms with E-state index in [2.05, 4.69) is 4.57 Å². The van der Waals surface area contributed by atoms with Gasteiger partial charge >= 0.3 is 5.97 Å². The summed E-state index contributed by atoms with van der Waals surface area (Å²) in [4.78, 5) is 11.6. The maximum atomic E-state index is 11.6. The maximum Gasteiger partial charge on any atom is 0.314 e. The first-order chi connectivity index (χ1) is 6.83. The molecule has 2 heterocycles. The Bertz CT molecular complexity index is 330. The van der Waals surface area contributed by atoms with Gasteiger partial charge < -0.3 is 9.30 Å². The highest BCUT2D eigenvalue weighted by atomic mass is 16.5. The molecule has 0 fully saturated rings. The number of hydrogen-bond acceptors (Lipinski definition) is 2. The van der Waals surface area contributed by atoms with E-state index in [1.165, 1.54) is 0 Å². The quantitative estimate of drug-likeness (QED) is 0.672. The van der Waals surface area contributed by atoms with Crippen LogP contribution in [0.15, 0.2) is 18.3 Å². The fraction of sp³-hybridized carbons (Fsp3) is 0.545. The third-order valence-corrected chi connectivity index (χ3v) is 2.68. The van der Waals surface area contributed by atoms with E-state index in [9.17, 15) is 4.79 Å². The summed E-state index contributed by atoms with van der Waals surface area (Å²) in [6.45, 7) is 3.34. The Hall–Kier alpha value is -1.25. The molecule has 0 aliphatic carbocycles. The third-order valence-electron chi connectivity index (χ3n) is 2.68. The Kier molecular flexibility index (Phi) is 2.57. The average Bonchev–Trinajstić information content (AvgIpc) is 2.65. The molecule has 3 nitrogen and oxygen atoms in total. The number of hydrogen-bond donors (Lipinski definition) is 0. The van der Waals surface area contributed by atoms with Gasteiger partial charge in [-0.3, -0.25) is 4.79 Å². The lowest BCUT2D eigenvalue weighted by Crippen LogP contribution is -2.23. The summed E-state index contributed by atoms with van der Waals surface area (Å²) in [6, 6.07) is 4.01. The lowest BCUT2D eigenvalue weighted by atomic mass is 9.96. The predicted molar refractivity (Wildman–Crippen MR) is 53.0 cm³/mol. The van der Waals surface area contributed by atoms with E-state index < -0.39 is 0 Å². The molecule has 0 saturated heterocycles. The van der Waals surface area contributed by atoms with Crippen LogP contribution in [0, 0.1) is 0 Å². The van der Waals surface area contributed by atoms with Gasteiger partial charge in [0.05, 0.1) is 12.5 Å². The number of nitrogens with zero attached hydrogens (tertiary/aromatic N) is 1. The van der Waals surface area contributed by atoms with Gasteiger partial charge in [-0.25, -0.2) is 0 Å². The van der Waals surface area contributed by atoms with Crippen molar-refractivity contribution in [2.75, 3.05) is 6.61 Å². The molecule has 1 unspecified atom stereocenters. The molecule has 1 aliphatic rings. The van der Waals surface area contributed by atoms with Crippen LogP contribution in [0.3, 0.4) is 0 Å². The molecule has 0 bridgehead atoms. The summed E-state index contributed by atoms with van der Waals surface area (Å²) in [5.41, 5.74) is 1.11. The molecule has 1 aromatic rings. The van der Waals surface area contributed by atoms with Gasteiger partial charge in [-0.1, -0.05) is 0 Å². The molecule has 0 radical (unpaired) electrons. The van der Waals surface area contributed by atoms with Crippen LogP contribution in [-0.4, -0.2) is 17.1 Å². The molecule has 1 aromatic heterocycles. The first-order valence-corrected chi connectivity index (χ1v) is 5.14. The molecule has 3 heteroatoms. The molecule has 0 saturated carbocycles. The molecule has 1 aliphatic heterocycles. The van der Waals surface area contributed by atoms with Crippen molar-refractivity contribution in [3.63, 3.8) is 0 Å². The van der Waals surface area contributed by atoms with Gasteiger partial charge in [0, 0.05) is 18.4 Å². The van der Waals surface area contributed by atoms with E-state index in [0.29, 0.717) is 6.61 Å². The van der Waals surface area contributed by atoms with Crippen LogP contribution < -0.4 is 0 Å². The van der Waals surface area contributed by atoms with Gasteiger partial charge in [-0.2, -0.15) is 0 Å². The van der Waals surface area contributed by atoms with Gasteiger partial charge in [0.15, 0.2) is 0 Å². The molecule has 76 valence electrons. The fourth-order valence-corrected chi connectivity index (χ4v) is 2.04. The van der Waals surface area contributed by atoms with Crippen molar-refractivity contribution in [3.8, 4) is 0 Å². The van der Waals surface area contributed by atoms with Crippen molar-refractivity contribution >= 4 is 5.97 Å². The zero-order valence-electron chi connectivity index (χ0n) is 8.40. The van der Waals surface area contributed by atoms with Crippen molar-refractivity contribution in [2.45, 2.75) is 32.2 Å². The SMILES string of the molecule is CCOC(=O)C1CCCn2cccc21. The number of carbonyl (C=O) groups excluding carboxylic acids is 1. The van der Waals surface area contributed by atoms with Crippen LogP contribution >= 0.6 is 0 Å². The van der Waals surface area contributed by atoms with E-state index in [4.69, 9.17) is 4.74 Å². The Morgan fingerprint density at radius 3 is 3.36 bits per heavy atom. The van der Waals surface area contributed by atoms with Crippen molar-refractivity contribution in [1.29, 1.82) is 0 Å². The minimum absolute atomic E-state index is 0.0429. The second kappa shape index (κ2) is 3.86. The molecule has 1 atom stereocenters. The minimum Gasteiger partial charge on any atom is -0.465 e. The van der Waals surface area contributed by atoms with E-state index in [0.717, 1.165) is 25.1 Å². The number of aromatic nitrogens is 1. The van der Waals surface area contributed by atoms with Crippen LogP contribution in [-0.2, 0) is 16.1 Å². The summed E-state index contributed by atoms with van der Waals surface area (Å²) in [6.07, 6.45) is 4.01. The summed E-state index contributed by atoms with van der Waals surface area (Å²) < 4.78 is 7.20. The number of esters is 1. The number of carbonyl (C=O) groups is 1. The normalized spacial score (nSPS) is 20.2. The van der Waals surface area contributed by atoms with Crippen molar-refractivity contribution in [1.82, 2.24) is 4.57 Å². The molecule has 0 N–H and O–H groups in total. The highest BCUT2D eigenvalue weighted by Crippen LogP contribution is 2.28. The minimum atomic E-state index is -0.0767. The molecule has 0 spiro atoms. The highest BCUT2D eigenvalue weighted by Gasteiger charge is 2.27. The van der Waals surface area contributed by atoms with Crippen molar-refractivity contribution < 1.29 is 9.53 Å². The smallest absolute Gasteiger partial charge is 0.314 e. The van der Waals surface area contributed by atoms with Gasteiger partial charge in [-0.05, 0) is 31.9 Å². The highest BCUT2D eigenvalue weighted by molar-refractivity contribution is 5.77. The monoisotopic (exact) mass is 193 g/mol. The molecule has 14 heavy (non-hydrogen) atoms. The summed E-state index contributed by atoms with van der Waals surface area (Å²) in [5.74, 6) is -0.120. The first-order valence-electron chi connectivity index (χ1n) is 5.14. The Morgan fingerprint density at radius 2 is 2.57 bits per heavy atom. The molecular formula is C11H15NO2. The Morgan fingerprint density at radius 1 is 1.71 bits per heavy atom. The summed E-state index contributed by atoms with van der Waals surface area (Å²) >= 11 is 0. The van der Waals surface area contributed by atoms with E-state index >= 15 is 0 Å². The molecule has 0 aromatic carbocycles. The van der Waals surface area contributed by atoms with Gasteiger partial charge in [0.25, 0.3) is 0 Å². The standard InChI is InChI=1S/C11H15NO2/c1-2-14-11(13)9-5-3-7-12-8-4-6-10(9)12/h4,6,8-9H,2-3,5,7H2,1H3. The second-order valence-corrected chi connectivity index (χ2v) is 3.57. The number of aryl methyl sites for hydroxylation is 1. The fourth-order valence-electron chi connectivity index (χ4n) is 2.04. The van der Waals surface area contributed by atoms with E-state index in [-0.39, 0.29) is 11.9 Å². The zero-order valence-corrected chi connectivity index (χ0v) is 8.40. The summed E-state index contributed by atoms with van der Waals surface area (Å²) in [5, 5.41) is 0. The third kappa shape index (κ3) is 1.54. The van der Waals surface area contributed by atoms with Gasteiger partial charge in [-0.15, -0.1) is 0 Å². The summed E-state index contributed by atoms with van der Waals surface area (Å²) in [7, 11) is 0. The van der Waals surface area contributed by atoms with Crippen molar-refractivity contribution in [2.24, 2.45) is 0 Å². The topological polar surface area (TPSA) is 31.2 Å². The van der Waals surface area contributed by atoms with E-state index in [1.54, 1.807) is 0 Å². The lowest BCUT2D eigenvalue weighted by Gasteiger charge is -2.23. The predicted octanol–water partition coefficient (Wildman–Crippen LogP) is 1.93. The Labute approximate surface area is 83.7 Å². The van der Waals surface area contributed by atoms with Crippen LogP contribution in [0.4, 0.5) is 0 Å². The van der Waals surface area contributed by atoms with Crippen LogP contribution in [0.2, 0.25) is 0 Å². The maximum absolute atomic E-state index is 11.6. The number of rotatable bonds is 2. The zero-order chi connectivity index (χ0) is 9.97. The molecule has 2 rings (SSSR count). The van der Waals surface area contributed by atoms with Crippen LogP contribution in [0.1, 0.15) is 31.4 Å². The van der Waals surface area contributed by atoms with Crippen LogP contribution in [0.25, 0.3) is 0 Å². The average molecular weight is 193 g/mol. The second-order valence-electron chi connectivity index (χ2n) is 3.57. The molecule has 0 amide bonds. The van der Waals surface area contributed by atoms with Gasteiger partial charge in [0.2, 0.25) is 0 Å². The number of fused-ring (bicyclic) bond motifs is 1. The lowest BCUT2D eigenvalue weighted by molar-refractivity contribution is -0.145. The van der Waals surface area contributed by atoms with Crippen molar-refractivity contribution in [3.05, 3.63) is 24.0 Å². The number of ether oxygens (including phenoxy) is 1.